The highest BCUT2D eigenvalue weighted by molar-refractivity contribution is 5.74. The lowest BCUT2D eigenvalue weighted by atomic mass is 10.2. The van der Waals surface area contributed by atoms with Gasteiger partial charge in [0.05, 0.1) is 5.69 Å². The molecule has 5 N–H and O–H groups in total. The van der Waals surface area contributed by atoms with Gasteiger partial charge in [-0.3, -0.25) is 4.79 Å². The summed E-state index contributed by atoms with van der Waals surface area (Å²) in [6.45, 7) is 0. The first-order valence-corrected chi connectivity index (χ1v) is 2.87. The fraction of sp³-hybridized carbons (Fsp3) is 0.200. The van der Waals surface area contributed by atoms with E-state index in [0.717, 1.165) is 0 Å². The maximum absolute atomic E-state index is 10.5. The van der Waals surface area contributed by atoms with E-state index in [1.165, 1.54) is 6.20 Å². The summed E-state index contributed by atoms with van der Waals surface area (Å²) in [5, 5.41) is 8.38. The van der Waals surface area contributed by atoms with Crippen LogP contribution in [-0.2, 0) is 4.79 Å². The molecule has 0 spiro atoms. The van der Waals surface area contributed by atoms with Crippen LogP contribution >= 0.6 is 0 Å². The fourth-order valence-electron chi connectivity index (χ4n) is 0.647. The number of aromatic nitrogens is 2. The molecule has 1 heterocycles. The summed E-state index contributed by atoms with van der Waals surface area (Å²) in [6.07, 6.45) is 1.24. The van der Waals surface area contributed by atoms with Crippen molar-refractivity contribution in [2.45, 2.75) is 6.04 Å². The molecule has 0 aliphatic carbocycles. The van der Waals surface area contributed by atoms with Gasteiger partial charge in [0.15, 0.2) is 0 Å². The van der Waals surface area contributed by atoms with Crippen LogP contribution in [0.2, 0.25) is 0 Å². The quantitative estimate of drug-likeness (QED) is 0.431. The molecule has 0 saturated heterocycles. The Morgan fingerprint density at radius 3 is 2.73 bits per heavy atom. The molecule has 0 amide bonds. The summed E-state index contributed by atoms with van der Waals surface area (Å²) in [7, 11) is 0. The van der Waals surface area contributed by atoms with Crippen LogP contribution in [0.3, 0.4) is 0 Å². The summed E-state index contributed by atoms with van der Waals surface area (Å²) in [5.41, 5.74) is 4.87. The second-order valence-electron chi connectivity index (χ2n) is 2.01. The van der Waals surface area contributed by atoms with Crippen LogP contribution in [0.15, 0.2) is 11.0 Å². The molecule has 11 heavy (non-hydrogen) atoms. The van der Waals surface area contributed by atoms with Crippen molar-refractivity contribution in [2.75, 3.05) is 0 Å². The van der Waals surface area contributed by atoms with Gasteiger partial charge in [0, 0.05) is 6.20 Å². The molecule has 1 atom stereocenters. The molecule has 1 aromatic heterocycles. The van der Waals surface area contributed by atoms with Gasteiger partial charge in [0.1, 0.15) is 6.04 Å². The van der Waals surface area contributed by atoms with Gasteiger partial charge in [-0.25, -0.2) is 4.79 Å². The maximum Gasteiger partial charge on any atom is 0.326 e. The molecule has 0 aromatic carbocycles. The fourth-order valence-corrected chi connectivity index (χ4v) is 0.647. The lowest BCUT2D eigenvalue weighted by Crippen LogP contribution is -2.21. The van der Waals surface area contributed by atoms with E-state index in [1.807, 2.05) is 0 Å². The van der Waals surface area contributed by atoms with Crippen molar-refractivity contribution < 1.29 is 9.90 Å². The molecule has 6 heteroatoms. The molecule has 0 fully saturated rings. The van der Waals surface area contributed by atoms with E-state index in [0.29, 0.717) is 0 Å². The Hall–Kier alpha value is -1.56. The Morgan fingerprint density at radius 2 is 2.36 bits per heavy atom. The minimum absolute atomic E-state index is 0.169. The lowest BCUT2D eigenvalue weighted by molar-refractivity contribution is -0.138. The van der Waals surface area contributed by atoms with Gasteiger partial charge >= 0.3 is 11.7 Å². The average Bonchev–Trinajstić information content (AvgIpc) is 2.34. The van der Waals surface area contributed by atoms with Gasteiger partial charge in [-0.05, 0) is 0 Å². The third-order valence-corrected chi connectivity index (χ3v) is 1.22. The third-order valence-electron chi connectivity index (χ3n) is 1.22. The topological polar surface area (TPSA) is 112 Å². The number of rotatable bonds is 2. The Morgan fingerprint density at radius 1 is 1.73 bits per heavy atom. The van der Waals surface area contributed by atoms with Gasteiger partial charge in [-0.1, -0.05) is 0 Å². The largest absolute Gasteiger partial charge is 0.480 e. The Bertz CT molecular complexity index is 313. The molecule has 0 aliphatic rings. The summed E-state index contributed by atoms with van der Waals surface area (Å²) in [6, 6.07) is -1.17. The minimum Gasteiger partial charge on any atom is -0.480 e. The number of hydrogen-bond donors (Lipinski definition) is 4. The molecule has 6 nitrogen and oxygen atoms in total. The number of H-pyrrole nitrogens is 2. The molecular formula is C5H7N3O3. The molecule has 0 radical (unpaired) electrons. The highest BCUT2D eigenvalue weighted by Crippen LogP contribution is 2.01. The first-order chi connectivity index (χ1) is 5.11. The van der Waals surface area contributed by atoms with E-state index >= 15 is 0 Å². The number of aromatic amines is 2. The van der Waals surface area contributed by atoms with Gasteiger partial charge in [0.25, 0.3) is 0 Å². The van der Waals surface area contributed by atoms with Gasteiger partial charge in [-0.2, -0.15) is 0 Å². The number of nitrogens with two attached hydrogens (primary N) is 1. The third kappa shape index (κ3) is 1.47. The molecule has 1 aromatic rings. The van der Waals surface area contributed by atoms with Gasteiger partial charge in [-0.15, -0.1) is 0 Å². The Balaban J connectivity index is 2.93. The zero-order valence-corrected chi connectivity index (χ0v) is 5.50. The average molecular weight is 157 g/mol. The SMILES string of the molecule is NC(C(=O)O)c1c[nH]c(=O)[nH]1. The highest BCUT2D eigenvalue weighted by Gasteiger charge is 2.15. The number of imidazole rings is 1. The van der Waals surface area contributed by atoms with Gasteiger partial charge in [0.2, 0.25) is 0 Å². The molecule has 0 saturated carbocycles. The van der Waals surface area contributed by atoms with Crippen LogP contribution in [0.4, 0.5) is 0 Å². The van der Waals surface area contributed by atoms with E-state index in [4.69, 9.17) is 10.8 Å². The van der Waals surface area contributed by atoms with Crippen molar-refractivity contribution in [1.82, 2.24) is 9.97 Å². The summed E-state index contributed by atoms with van der Waals surface area (Å²) >= 11 is 0. The standard InChI is InChI=1S/C5H7N3O3/c6-3(4(9)10)2-1-7-5(11)8-2/h1,3H,6H2,(H,9,10)(H2,7,8,11). The number of aliphatic carboxylic acids is 1. The summed E-state index contributed by atoms with van der Waals surface area (Å²) < 4.78 is 0. The van der Waals surface area contributed by atoms with E-state index < -0.39 is 17.7 Å². The van der Waals surface area contributed by atoms with Crippen molar-refractivity contribution in [3.63, 3.8) is 0 Å². The van der Waals surface area contributed by atoms with Crippen molar-refractivity contribution in [3.8, 4) is 0 Å². The Kier molecular flexibility index (Phi) is 1.77. The monoisotopic (exact) mass is 157 g/mol. The Labute approximate surface area is 61.0 Å². The summed E-state index contributed by atoms with van der Waals surface area (Å²) in [5.74, 6) is -1.18. The molecule has 1 rings (SSSR count). The first-order valence-electron chi connectivity index (χ1n) is 2.87. The van der Waals surface area contributed by atoms with Crippen LogP contribution in [0.5, 0.6) is 0 Å². The number of carbonyl (C=O) groups is 1. The summed E-state index contributed by atoms with van der Waals surface area (Å²) in [4.78, 5) is 25.2. The molecule has 60 valence electrons. The van der Waals surface area contributed by atoms with Crippen molar-refractivity contribution >= 4 is 5.97 Å². The van der Waals surface area contributed by atoms with Crippen molar-refractivity contribution in [2.24, 2.45) is 5.73 Å². The molecular weight excluding hydrogens is 150 g/mol. The predicted molar refractivity (Wildman–Crippen MR) is 36.0 cm³/mol. The van der Waals surface area contributed by atoms with E-state index in [2.05, 4.69) is 9.97 Å². The first kappa shape index (κ1) is 7.55. The highest BCUT2D eigenvalue weighted by atomic mass is 16.4. The van der Waals surface area contributed by atoms with Crippen LogP contribution in [-0.4, -0.2) is 21.0 Å². The zero-order chi connectivity index (χ0) is 8.43. The normalized spacial score (nSPS) is 12.8. The molecule has 0 bridgehead atoms. The van der Waals surface area contributed by atoms with Crippen molar-refractivity contribution in [1.29, 1.82) is 0 Å². The smallest absolute Gasteiger partial charge is 0.326 e. The number of nitrogens with one attached hydrogen (secondary N) is 2. The van der Waals surface area contributed by atoms with Crippen molar-refractivity contribution in [3.05, 3.63) is 22.4 Å². The molecule has 1 unspecified atom stereocenters. The van der Waals surface area contributed by atoms with E-state index in [-0.39, 0.29) is 5.69 Å². The second-order valence-corrected chi connectivity index (χ2v) is 2.01. The van der Waals surface area contributed by atoms with E-state index in [1.54, 1.807) is 0 Å². The minimum atomic E-state index is -1.18. The molecule has 0 aliphatic heterocycles. The van der Waals surface area contributed by atoms with E-state index in [9.17, 15) is 9.59 Å². The number of carboxylic acids is 1. The maximum atomic E-state index is 10.5. The van der Waals surface area contributed by atoms with Crippen LogP contribution in [0.25, 0.3) is 0 Å². The second kappa shape index (κ2) is 2.59. The van der Waals surface area contributed by atoms with Crippen LogP contribution in [0, 0.1) is 0 Å². The zero-order valence-electron chi connectivity index (χ0n) is 5.50. The number of hydrogen-bond acceptors (Lipinski definition) is 3. The predicted octanol–water partition coefficient (Wildman–Crippen LogP) is -1.21. The van der Waals surface area contributed by atoms with Gasteiger partial charge < -0.3 is 20.8 Å². The van der Waals surface area contributed by atoms with Crippen LogP contribution in [0.1, 0.15) is 11.7 Å². The lowest BCUT2D eigenvalue weighted by Gasteiger charge is -1.99. The van der Waals surface area contributed by atoms with Crippen LogP contribution < -0.4 is 11.4 Å². The number of carboxylic acid groups (broad SMARTS) is 1.